The number of ether oxygens (including phenoxy) is 1. The maximum atomic E-state index is 14.2. The van der Waals surface area contributed by atoms with Crippen molar-refractivity contribution in [2.45, 2.75) is 25.6 Å². The molecule has 2 heterocycles. The van der Waals surface area contributed by atoms with Gasteiger partial charge in [-0.1, -0.05) is 30.3 Å². The zero-order valence-corrected chi connectivity index (χ0v) is 12.1. The highest BCUT2D eigenvalue weighted by Crippen LogP contribution is 2.38. The lowest BCUT2D eigenvalue weighted by molar-refractivity contribution is 0.0654. The average Bonchev–Trinajstić information content (AvgIpc) is 2.94. The fraction of sp³-hybridized carbons (Fsp3) is 0.562. The van der Waals surface area contributed by atoms with E-state index in [2.05, 4.69) is 5.32 Å². The molecule has 4 nitrogen and oxygen atoms in total. The lowest BCUT2D eigenvalue weighted by Crippen LogP contribution is -2.50. The van der Waals surface area contributed by atoms with Gasteiger partial charge >= 0.3 is 6.09 Å². The third-order valence-electron chi connectivity index (χ3n) is 4.56. The van der Waals surface area contributed by atoms with Gasteiger partial charge in [0.05, 0.1) is 0 Å². The molecule has 0 bridgehead atoms. The van der Waals surface area contributed by atoms with Crippen LogP contribution in [0.15, 0.2) is 30.3 Å². The summed E-state index contributed by atoms with van der Waals surface area (Å²) in [7, 11) is 0. The van der Waals surface area contributed by atoms with E-state index in [1.165, 1.54) is 0 Å². The monoisotopic (exact) mass is 292 g/mol. The molecule has 0 aliphatic carbocycles. The summed E-state index contributed by atoms with van der Waals surface area (Å²) in [5.41, 5.74) is 0.548. The smallest absolute Gasteiger partial charge is 0.410 e. The Bertz CT molecular complexity index is 496. The number of hydrogen-bond donors (Lipinski definition) is 1. The molecule has 0 saturated carbocycles. The molecule has 5 heteroatoms. The number of hydrogen-bond acceptors (Lipinski definition) is 3. The molecule has 2 aliphatic rings. The zero-order valence-electron chi connectivity index (χ0n) is 12.1. The van der Waals surface area contributed by atoms with Gasteiger partial charge in [0.25, 0.3) is 0 Å². The van der Waals surface area contributed by atoms with Gasteiger partial charge in [-0.15, -0.1) is 0 Å². The van der Waals surface area contributed by atoms with Crippen molar-refractivity contribution in [2.24, 2.45) is 5.41 Å². The molecule has 1 aromatic carbocycles. The number of halogens is 1. The number of piperidine rings is 1. The number of rotatable bonds is 2. The summed E-state index contributed by atoms with van der Waals surface area (Å²) in [4.78, 5) is 13.8. The average molecular weight is 292 g/mol. The highest BCUT2D eigenvalue weighted by Gasteiger charge is 2.47. The third kappa shape index (κ3) is 3.02. The van der Waals surface area contributed by atoms with Crippen molar-refractivity contribution in [3.63, 3.8) is 0 Å². The normalized spacial score (nSPS) is 28.8. The SMILES string of the molecule is O=C(OCc1ccccc1)N1CCC2(CNCCC2F)C1. The molecule has 2 aliphatic heterocycles. The Morgan fingerprint density at radius 2 is 2.24 bits per heavy atom. The van der Waals surface area contributed by atoms with Crippen LogP contribution in [0.25, 0.3) is 0 Å². The molecule has 0 aromatic heterocycles. The molecule has 2 saturated heterocycles. The first-order chi connectivity index (χ1) is 10.2. The van der Waals surface area contributed by atoms with Crippen molar-refractivity contribution in [2.75, 3.05) is 26.2 Å². The van der Waals surface area contributed by atoms with E-state index in [0.717, 1.165) is 12.1 Å². The summed E-state index contributed by atoms with van der Waals surface area (Å²) >= 11 is 0. The summed E-state index contributed by atoms with van der Waals surface area (Å²) in [6.45, 7) is 2.67. The molecule has 1 spiro atoms. The second-order valence-corrected chi connectivity index (χ2v) is 6.01. The first-order valence-corrected chi connectivity index (χ1v) is 7.50. The van der Waals surface area contributed by atoms with Gasteiger partial charge in [-0.05, 0) is 24.9 Å². The van der Waals surface area contributed by atoms with Crippen LogP contribution in [-0.4, -0.2) is 43.3 Å². The Kier molecular flexibility index (Phi) is 4.10. The first-order valence-electron chi connectivity index (χ1n) is 7.50. The van der Waals surface area contributed by atoms with Crippen LogP contribution in [0.3, 0.4) is 0 Å². The topological polar surface area (TPSA) is 41.6 Å². The Morgan fingerprint density at radius 3 is 3.00 bits per heavy atom. The Labute approximate surface area is 124 Å². The number of alkyl halides is 1. The van der Waals surface area contributed by atoms with E-state index in [0.29, 0.717) is 32.5 Å². The van der Waals surface area contributed by atoms with Gasteiger partial charge in [0.2, 0.25) is 0 Å². The molecule has 2 fully saturated rings. The lowest BCUT2D eigenvalue weighted by Gasteiger charge is -2.36. The second kappa shape index (κ2) is 6.02. The molecule has 1 amide bonds. The van der Waals surface area contributed by atoms with Crippen molar-refractivity contribution >= 4 is 6.09 Å². The number of likely N-dealkylation sites (tertiary alicyclic amines) is 1. The molecule has 1 aromatic rings. The number of benzene rings is 1. The van der Waals surface area contributed by atoms with Gasteiger partial charge < -0.3 is 15.0 Å². The maximum absolute atomic E-state index is 14.2. The second-order valence-electron chi connectivity index (χ2n) is 6.01. The predicted molar refractivity (Wildman–Crippen MR) is 77.6 cm³/mol. The molecule has 0 radical (unpaired) electrons. The Hall–Kier alpha value is -1.62. The summed E-state index contributed by atoms with van der Waals surface area (Å²) in [5, 5.41) is 3.25. The van der Waals surface area contributed by atoms with E-state index in [1.54, 1.807) is 4.90 Å². The van der Waals surface area contributed by atoms with Gasteiger partial charge in [0.1, 0.15) is 12.8 Å². The minimum absolute atomic E-state index is 0.264. The molecular weight excluding hydrogens is 271 g/mol. The molecule has 3 rings (SSSR count). The summed E-state index contributed by atoms with van der Waals surface area (Å²) in [5.74, 6) is 0. The highest BCUT2D eigenvalue weighted by atomic mass is 19.1. The minimum atomic E-state index is -0.828. The zero-order chi connectivity index (χ0) is 14.7. The van der Waals surface area contributed by atoms with E-state index in [9.17, 15) is 9.18 Å². The van der Waals surface area contributed by atoms with Gasteiger partial charge in [-0.25, -0.2) is 9.18 Å². The molecule has 114 valence electrons. The van der Waals surface area contributed by atoms with Crippen LogP contribution in [0.2, 0.25) is 0 Å². The van der Waals surface area contributed by atoms with Crippen LogP contribution in [-0.2, 0) is 11.3 Å². The van der Waals surface area contributed by atoms with Gasteiger partial charge in [-0.2, -0.15) is 0 Å². The number of nitrogens with one attached hydrogen (secondary N) is 1. The van der Waals surface area contributed by atoms with Crippen LogP contribution >= 0.6 is 0 Å². The standard InChI is InChI=1S/C16H21FN2O2/c17-14-6-8-18-11-16(14)7-9-19(12-16)15(20)21-10-13-4-2-1-3-5-13/h1-5,14,18H,6-12H2. The van der Waals surface area contributed by atoms with Crippen LogP contribution in [0, 0.1) is 5.41 Å². The van der Waals surface area contributed by atoms with E-state index >= 15 is 0 Å². The van der Waals surface area contributed by atoms with E-state index in [1.807, 2.05) is 30.3 Å². The maximum Gasteiger partial charge on any atom is 0.410 e. The van der Waals surface area contributed by atoms with Crippen LogP contribution in [0.1, 0.15) is 18.4 Å². The quantitative estimate of drug-likeness (QED) is 0.909. The highest BCUT2D eigenvalue weighted by molar-refractivity contribution is 5.68. The Balaban J connectivity index is 1.55. The van der Waals surface area contributed by atoms with Crippen molar-refractivity contribution in [1.29, 1.82) is 0 Å². The molecule has 21 heavy (non-hydrogen) atoms. The summed E-state index contributed by atoms with van der Waals surface area (Å²) in [6.07, 6.45) is 0.0771. The minimum Gasteiger partial charge on any atom is -0.445 e. The molecule has 2 unspecified atom stereocenters. The molecule has 2 atom stereocenters. The predicted octanol–water partition coefficient (Wildman–Crippen LogP) is 2.35. The fourth-order valence-electron chi connectivity index (χ4n) is 3.25. The number of amides is 1. The van der Waals surface area contributed by atoms with Crippen LogP contribution < -0.4 is 5.32 Å². The van der Waals surface area contributed by atoms with Gasteiger partial charge in [0.15, 0.2) is 0 Å². The van der Waals surface area contributed by atoms with Crippen LogP contribution in [0.5, 0.6) is 0 Å². The van der Waals surface area contributed by atoms with Crippen molar-refractivity contribution in [3.8, 4) is 0 Å². The van der Waals surface area contributed by atoms with Crippen molar-refractivity contribution < 1.29 is 13.9 Å². The van der Waals surface area contributed by atoms with E-state index in [4.69, 9.17) is 4.74 Å². The van der Waals surface area contributed by atoms with Gasteiger partial charge in [-0.3, -0.25) is 0 Å². The first kappa shape index (κ1) is 14.3. The van der Waals surface area contributed by atoms with Crippen LogP contribution in [0.4, 0.5) is 9.18 Å². The number of nitrogens with zero attached hydrogens (tertiary/aromatic N) is 1. The third-order valence-corrected chi connectivity index (χ3v) is 4.56. The Morgan fingerprint density at radius 1 is 1.43 bits per heavy atom. The summed E-state index contributed by atoms with van der Waals surface area (Å²) < 4.78 is 19.5. The van der Waals surface area contributed by atoms with Gasteiger partial charge in [0, 0.05) is 25.0 Å². The van der Waals surface area contributed by atoms with Crippen molar-refractivity contribution in [3.05, 3.63) is 35.9 Å². The molecule has 1 N–H and O–H groups in total. The summed E-state index contributed by atoms with van der Waals surface area (Å²) in [6, 6.07) is 9.58. The lowest BCUT2D eigenvalue weighted by atomic mass is 9.78. The largest absolute Gasteiger partial charge is 0.445 e. The van der Waals surface area contributed by atoms with E-state index < -0.39 is 11.6 Å². The fourth-order valence-corrected chi connectivity index (χ4v) is 3.25. The van der Waals surface area contributed by atoms with E-state index in [-0.39, 0.29) is 12.7 Å². The number of carbonyl (C=O) groups excluding carboxylic acids is 1. The molecular formula is C16H21FN2O2. The number of carbonyl (C=O) groups is 1. The van der Waals surface area contributed by atoms with Crippen molar-refractivity contribution in [1.82, 2.24) is 10.2 Å².